The average Bonchev–Trinajstić information content (AvgIpc) is 1.85. The van der Waals surface area contributed by atoms with Crippen LogP contribution in [0.5, 0.6) is 0 Å². The second-order valence-corrected chi connectivity index (χ2v) is 8.34. The summed E-state index contributed by atoms with van der Waals surface area (Å²) in [4.78, 5) is -0.833. The molecule has 0 aromatic heterocycles. The summed E-state index contributed by atoms with van der Waals surface area (Å²) in [6.45, 7) is 3.50. The van der Waals surface area contributed by atoms with E-state index in [2.05, 4.69) is 0 Å². The van der Waals surface area contributed by atoms with Gasteiger partial charge in [0, 0.05) is 10.8 Å². The summed E-state index contributed by atoms with van der Waals surface area (Å²) in [6, 6.07) is 0. The normalized spacial score (nSPS) is 19.0. The van der Waals surface area contributed by atoms with Crippen molar-refractivity contribution in [1.82, 2.24) is 0 Å². The van der Waals surface area contributed by atoms with Crippen LogP contribution in [0.2, 0.25) is 0 Å². The van der Waals surface area contributed by atoms with E-state index in [9.17, 15) is 4.57 Å². The predicted octanol–water partition coefficient (Wildman–Crippen LogP) is 5.14. The number of rotatable bonds is 3. The highest BCUT2D eigenvalue weighted by atomic mass is 35.9. The van der Waals surface area contributed by atoms with Gasteiger partial charge >= 0.3 is 0 Å². The predicted molar refractivity (Wildman–Crippen MR) is 57.8 cm³/mol. The van der Waals surface area contributed by atoms with Crippen LogP contribution in [0.3, 0.4) is 0 Å². The Morgan fingerprint density at radius 2 is 2.00 bits per heavy atom. The number of hydrogen-bond acceptors (Lipinski definition) is 1. The van der Waals surface area contributed by atoms with Gasteiger partial charge in [-0.25, -0.2) is 0 Å². The molecule has 0 aliphatic rings. The van der Waals surface area contributed by atoms with Crippen LogP contribution in [0.25, 0.3) is 0 Å². The Labute approximate surface area is 92.0 Å². The molecule has 0 spiro atoms. The van der Waals surface area contributed by atoms with Crippen molar-refractivity contribution in [2.75, 3.05) is 0 Å². The second kappa shape index (κ2) is 4.57. The van der Waals surface area contributed by atoms with Crippen molar-refractivity contribution in [1.29, 1.82) is 0 Å². The van der Waals surface area contributed by atoms with E-state index in [4.69, 9.17) is 45.7 Å². The molecule has 1 atom stereocenters. The third-order valence-electron chi connectivity index (χ3n) is 1.58. The Hall–Kier alpha value is 1.13. The van der Waals surface area contributed by atoms with Crippen LogP contribution < -0.4 is 0 Å². The van der Waals surface area contributed by atoms with E-state index in [1.807, 2.05) is 6.92 Å². The van der Waals surface area contributed by atoms with Crippen LogP contribution in [-0.4, -0.2) is 4.87 Å². The second-order valence-electron chi connectivity index (χ2n) is 2.51. The molecule has 0 aliphatic carbocycles. The first kappa shape index (κ1) is 13.1. The average molecular weight is 270 g/mol. The molecule has 0 amide bonds. The zero-order valence-corrected chi connectivity index (χ0v) is 10.6. The maximum atomic E-state index is 11.2. The van der Waals surface area contributed by atoms with Gasteiger partial charge in [-0.05, 0) is 35.8 Å². The van der Waals surface area contributed by atoms with Gasteiger partial charge in [-0.15, -0.1) is 11.6 Å². The molecule has 12 heavy (non-hydrogen) atoms. The highest BCUT2D eigenvalue weighted by Crippen LogP contribution is 2.68. The molecule has 0 heterocycles. The third-order valence-corrected chi connectivity index (χ3v) is 4.83. The molecule has 1 unspecified atom stereocenters. The van der Waals surface area contributed by atoms with Gasteiger partial charge in [0.1, 0.15) is 0 Å². The van der Waals surface area contributed by atoms with Crippen molar-refractivity contribution < 1.29 is 4.57 Å². The fourth-order valence-electron chi connectivity index (χ4n) is 0.623. The minimum atomic E-state index is -3.37. The molecule has 0 radical (unpaired) electrons. The zero-order valence-electron chi connectivity index (χ0n) is 6.65. The third kappa shape index (κ3) is 3.47. The molecule has 0 saturated heterocycles. The topological polar surface area (TPSA) is 17.1 Å². The molecular weight excluding hydrogens is 261 g/mol. The summed E-state index contributed by atoms with van der Waals surface area (Å²) < 4.78 is 11.2. The molecule has 0 rings (SSSR count). The summed E-state index contributed by atoms with van der Waals surface area (Å²) in [5.74, 6) is -3.37. The van der Waals surface area contributed by atoms with E-state index in [1.165, 1.54) is 0 Å². The standard InChI is InChI=1S/C6H9Cl4OP/c1-3-6(2,8)5(4-7)12(9,10)11/h4H,3H2,1-2H3/b5-4+. The number of allylic oxidation sites excluding steroid dienone is 1. The van der Waals surface area contributed by atoms with Crippen LogP contribution in [0.15, 0.2) is 10.8 Å². The quantitative estimate of drug-likeness (QED) is 0.512. The summed E-state index contributed by atoms with van der Waals surface area (Å²) in [5, 5.41) is 0.184. The van der Waals surface area contributed by atoms with E-state index in [0.29, 0.717) is 6.42 Å². The lowest BCUT2D eigenvalue weighted by Gasteiger charge is -2.23. The SMILES string of the molecule is CCC(C)(Cl)/C(=C\Cl)P(=O)(Cl)Cl. The fourth-order valence-corrected chi connectivity index (χ4v) is 4.53. The Morgan fingerprint density at radius 1 is 1.58 bits per heavy atom. The Kier molecular flexibility index (Phi) is 5.00. The van der Waals surface area contributed by atoms with E-state index < -0.39 is 10.7 Å². The summed E-state index contributed by atoms with van der Waals surface area (Å²) in [7, 11) is 0. The largest absolute Gasteiger partial charge is 0.284 e. The molecular formula is C6H9Cl4OP. The summed E-state index contributed by atoms with van der Waals surface area (Å²) in [5.41, 5.74) is 1.09. The monoisotopic (exact) mass is 268 g/mol. The number of halogens is 4. The highest BCUT2D eigenvalue weighted by Gasteiger charge is 2.35. The molecule has 0 saturated carbocycles. The van der Waals surface area contributed by atoms with E-state index >= 15 is 0 Å². The van der Waals surface area contributed by atoms with Crippen LogP contribution in [-0.2, 0) is 4.57 Å². The lowest BCUT2D eigenvalue weighted by molar-refractivity contribution is 0.591. The van der Waals surface area contributed by atoms with Crippen LogP contribution in [0, 0.1) is 0 Å². The van der Waals surface area contributed by atoms with Crippen molar-refractivity contribution in [3.8, 4) is 0 Å². The van der Waals surface area contributed by atoms with Gasteiger partial charge in [0.25, 0.3) is 5.85 Å². The molecule has 0 N–H and O–H groups in total. The minimum absolute atomic E-state index is 0.184. The number of alkyl halides is 1. The first-order chi connectivity index (χ1) is 5.25. The molecule has 0 bridgehead atoms. The zero-order chi connectivity index (χ0) is 9.99. The van der Waals surface area contributed by atoms with Crippen LogP contribution in [0.1, 0.15) is 20.3 Å². The molecule has 0 aromatic carbocycles. The molecule has 1 nitrogen and oxygen atoms in total. The van der Waals surface area contributed by atoms with Crippen molar-refractivity contribution in [2.24, 2.45) is 0 Å². The van der Waals surface area contributed by atoms with Crippen LogP contribution in [0.4, 0.5) is 0 Å². The molecule has 0 aliphatic heterocycles. The maximum Gasteiger partial charge on any atom is 0.280 e. The van der Waals surface area contributed by atoms with E-state index in [0.717, 1.165) is 5.54 Å². The van der Waals surface area contributed by atoms with Gasteiger partial charge < -0.3 is 0 Å². The maximum absolute atomic E-state index is 11.2. The Bertz CT molecular complexity index is 230. The van der Waals surface area contributed by atoms with Gasteiger partial charge in [0.05, 0.1) is 4.87 Å². The minimum Gasteiger partial charge on any atom is -0.284 e. The van der Waals surface area contributed by atoms with Gasteiger partial charge in [0.2, 0.25) is 0 Å². The molecule has 0 fully saturated rings. The summed E-state index contributed by atoms with van der Waals surface area (Å²) >= 11 is 22.3. The lowest BCUT2D eigenvalue weighted by atomic mass is 10.1. The van der Waals surface area contributed by atoms with Gasteiger partial charge in [-0.1, -0.05) is 18.5 Å². The van der Waals surface area contributed by atoms with E-state index in [1.54, 1.807) is 6.92 Å². The van der Waals surface area contributed by atoms with Crippen LogP contribution >= 0.6 is 51.5 Å². The van der Waals surface area contributed by atoms with Gasteiger partial charge in [-0.2, -0.15) is 0 Å². The first-order valence-electron chi connectivity index (χ1n) is 3.25. The van der Waals surface area contributed by atoms with Crippen molar-refractivity contribution in [3.05, 3.63) is 10.8 Å². The summed E-state index contributed by atoms with van der Waals surface area (Å²) in [6.07, 6.45) is 0.552. The smallest absolute Gasteiger partial charge is 0.280 e. The number of hydrogen-bond donors (Lipinski definition) is 0. The first-order valence-corrected chi connectivity index (χ1v) is 7.58. The Balaban J connectivity index is 4.97. The fraction of sp³-hybridized carbons (Fsp3) is 0.667. The van der Waals surface area contributed by atoms with Crippen molar-refractivity contribution in [3.63, 3.8) is 0 Å². The molecule has 0 aromatic rings. The van der Waals surface area contributed by atoms with Gasteiger partial charge in [-0.3, -0.25) is 4.57 Å². The highest BCUT2D eigenvalue weighted by molar-refractivity contribution is 8.11. The van der Waals surface area contributed by atoms with Crippen molar-refractivity contribution in [2.45, 2.75) is 25.1 Å². The Morgan fingerprint density at radius 3 is 2.08 bits per heavy atom. The molecule has 6 heteroatoms. The lowest BCUT2D eigenvalue weighted by Crippen LogP contribution is -2.16. The van der Waals surface area contributed by atoms with E-state index in [-0.39, 0.29) is 5.31 Å². The van der Waals surface area contributed by atoms with Gasteiger partial charge in [0.15, 0.2) is 0 Å². The molecule has 72 valence electrons. The van der Waals surface area contributed by atoms with Crippen molar-refractivity contribution >= 4 is 51.5 Å².